The Balaban J connectivity index is -0.0000000533. The molecule has 0 bridgehead atoms. The first-order chi connectivity index (χ1) is 8.00. The molecule has 0 fully saturated rings. The molecule has 0 rings (SSSR count). The van der Waals surface area contributed by atoms with Gasteiger partial charge in [0.25, 0.3) is 0 Å². The zero-order valence-corrected chi connectivity index (χ0v) is 14.7. The zero-order chi connectivity index (χ0) is 18.0. The summed E-state index contributed by atoms with van der Waals surface area (Å²) in [5.74, 6) is 0. The van der Waals surface area contributed by atoms with E-state index in [1.165, 1.54) is 0 Å². The summed E-state index contributed by atoms with van der Waals surface area (Å²) in [6, 6.07) is 0. The third-order valence-corrected chi connectivity index (χ3v) is 0. The van der Waals surface area contributed by atoms with Crippen LogP contribution in [0, 0.1) is 41.0 Å². The Hall–Kier alpha value is 1.14. The summed E-state index contributed by atoms with van der Waals surface area (Å²) in [6.07, 6.45) is 0. The van der Waals surface area contributed by atoms with Gasteiger partial charge in [0.05, 0.1) is 0 Å². The second-order valence-corrected chi connectivity index (χ2v) is 4.54. The van der Waals surface area contributed by atoms with Gasteiger partial charge in [-0.2, -0.15) is 0 Å². The van der Waals surface area contributed by atoms with Crippen LogP contribution in [0.4, 0.5) is 0 Å². The second kappa shape index (κ2) is 13.6. The molecule has 0 saturated heterocycles. The minimum atomic E-state index is -4.94. The number of halogens is 4. The van der Waals surface area contributed by atoms with Crippen molar-refractivity contribution in [3.8, 4) is 0 Å². The molecule has 0 aromatic carbocycles. The van der Waals surface area contributed by atoms with Gasteiger partial charge in [-0.1, -0.05) is 0 Å². The molecule has 21 heteroatoms. The molecule has 0 aliphatic heterocycles. The van der Waals surface area contributed by atoms with Gasteiger partial charge in [0.2, 0.25) is 0 Å². The molecule has 0 aromatic rings. The summed E-state index contributed by atoms with van der Waals surface area (Å²) in [6.45, 7) is 0. The maximum absolute atomic E-state index is 8.49. The van der Waals surface area contributed by atoms with Crippen LogP contribution in [-0.4, -0.2) is 0 Å². The minimum absolute atomic E-state index is 0. The molecule has 0 saturated carbocycles. The quantitative estimate of drug-likeness (QED) is 0.301. The van der Waals surface area contributed by atoms with Gasteiger partial charge in [0, 0.05) is 0 Å². The van der Waals surface area contributed by atoms with E-state index in [2.05, 4.69) is 0 Å². The molecule has 0 spiro atoms. The van der Waals surface area contributed by atoms with Crippen LogP contribution in [0.5, 0.6) is 0 Å². The van der Waals surface area contributed by atoms with Crippen molar-refractivity contribution >= 4 is 0 Å². The molecule has 0 N–H and O–H groups in total. The van der Waals surface area contributed by atoms with Crippen LogP contribution < -0.4 is 74.5 Å². The largest absolute Gasteiger partial charge is 4.00 e. The molecular weight excluding hydrogens is 463 g/mol. The van der Waals surface area contributed by atoms with E-state index in [9.17, 15) is 0 Å². The summed E-state index contributed by atoms with van der Waals surface area (Å²) in [5.41, 5.74) is 0. The van der Waals surface area contributed by atoms with E-state index in [0.717, 1.165) is 0 Å². The third-order valence-electron chi connectivity index (χ3n) is 0. The van der Waals surface area contributed by atoms with E-state index in [1.54, 1.807) is 0 Å². The van der Waals surface area contributed by atoms with Gasteiger partial charge in [-0.25, -0.2) is 74.5 Å². The van der Waals surface area contributed by atoms with E-state index < -0.39 is 41.0 Å². The Morgan fingerprint density at radius 2 is 0.238 bits per heavy atom. The predicted octanol–water partition coefficient (Wildman–Crippen LogP) is -19.0. The molecular formula is Cl4O16Zn. The number of hydrogen-bond acceptors (Lipinski definition) is 16. The van der Waals surface area contributed by atoms with Crippen molar-refractivity contribution in [2.75, 3.05) is 0 Å². The molecule has 0 heterocycles. The van der Waals surface area contributed by atoms with Crippen molar-refractivity contribution in [3.63, 3.8) is 0 Å². The van der Waals surface area contributed by atoms with Crippen molar-refractivity contribution < 1.29 is 135 Å². The van der Waals surface area contributed by atoms with Gasteiger partial charge in [-0.05, 0) is 0 Å². The van der Waals surface area contributed by atoms with Gasteiger partial charge in [-0.15, -0.1) is 41.0 Å². The third kappa shape index (κ3) is 5930. The van der Waals surface area contributed by atoms with Crippen LogP contribution in [0.1, 0.15) is 0 Å². The maximum atomic E-state index is 8.49. The van der Waals surface area contributed by atoms with Crippen molar-refractivity contribution in [1.29, 1.82) is 0 Å². The normalized spacial score (nSPS) is 11.4. The molecule has 0 unspecified atom stereocenters. The van der Waals surface area contributed by atoms with E-state index in [0.29, 0.717) is 0 Å². The van der Waals surface area contributed by atoms with Gasteiger partial charge < -0.3 is 0 Å². The fourth-order valence-corrected chi connectivity index (χ4v) is 0. The molecule has 0 aromatic heterocycles. The average Bonchev–Trinajstić information content (AvgIpc) is 1.62. The SMILES string of the molecule is [O-][Cl+3]([O-])([O-])[O-].[O-][Cl+3]([O-])([O-])[O-].[O-][Cl+3]([O-])([O-])[O-].[O-][Cl+3]([O-])([O-])[O-].[Zn+4]. The van der Waals surface area contributed by atoms with Crippen LogP contribution >= 0.6 is 0 Å². The van der Waals surface area contributed by atoms with E-state index in [4.69, 9.17) is 74.5 Å². The Kier molecular flexibility index (Phi) is 21.8. The number of rotatable bonds is 0. The van der Waals surface area contributed by atoms with E-state index >= 15 is 0 Å². The Bertz CT molecular complexity index is 130. The summed E-state index contributed by atoms with van der Waals surface area (Å²) in [5, 5.41) is 0. The zero-order valence-electron chi connectivity index (χ0n) is 8.75. The van der Waals surface area contributed by atoms with Gasteiger partial charge in [0.1, 0.15) is 0 Å². The molecule has 126 valence electrons. The second-order valence-electron chi connectivity index (χ2n) is 1.51. The van der Waals surface area contributed by atoms with Crippen LogP contribution in [0.3, 0.4) is 0 Å². The fraction of sp³-hybridized carbons (Fsp3) is 0. The Morgan fingerprint density at radius 1 is 0.238 bits per heavy atom. The predicted molar refractivity (Wildman–Crippen MR) is 0 cm³/mol. The molecule has 0 amide bonds. The minimum Gasteiger partial charge on any atom is -0.222 e. The molecule has 21 heavy (non-hydrogen) atoms. The fourth-order valence-electron chi connectivity index (χ4n) is 0. The molecule has 0 aliphatic rings. The van der Waals surface area contributed by atoms with Crippen LogP contribution in [0.25, 0.3) is 0 Å². The average molecular weight is 463 g/mol. The standard InChI is InChI=1S/4ClHO4.Zn/c4*2-1(3,4)5;/h4*(H,2,3,4,5);/q;;;;+4/p-4. The Morgan fingerprint density at radius 3 is 0.238 bits per heavy atom. The summed E-state index contributed by atoms with van der Waals surface area (Å²) in [4.78, 5) is 0. The number of hydrogen-bond donors (Lipinski definition) is 0. The van der Waals surface area contributed by atoms with Crippen LogP contribution in [0.15, 0.2) is 0 Å². The van der Waals surface area contributed by atoms with Crippen molar-refractivity contribution in [2.45, 2.75) is 0 Å². The molecule has 16 nitrogen and oxygen atoms in total. The van der Waals surface area contributed by atoms with Gasteiger partial charge in [0.15, 0.2) is 0 Å². The summed E-state index contributed by atoms with van der Waals surface area (Å²) >= 11 is 0. The Labute approximate surface area is 135 Å². The van der Waals surface area contributed by atoms with Crippen LogP contribution in [0.2, 0.25) is 0 Å². The molecule has 0 atom stereocenters. The smallest absolute Gasteiger partial charge is 0.222 e. The first kappa shape index (κ1) is 33.7. The van der Waals surface area contributed by atoms with E-state index in [1.807, 2.05) is 0 Å². The first-order valence-electron chi connectivity index (χ1n) is 2.47. The molecule has 0 radical (unpaired) electrons. The summed E-state index contributed by atoms with van der Waals surface area (Å²) in [7, 11) is -19.8. The van der Waals surface area contributed by atoms with E-state index in [-0.39, 0.29) is 19.5 Å². The van der Waals surface area contributed by atoms with Crippen molar-refractivity contribution in [3.05, 3.63) is 0 Å². The summed E-state index contributed by atoms with van der Waals surface area (Å²) < 4.78 is 136. The topological polar surface area (TPSA) is 369 Å². The molecule has 0 aliphatic carbocycles. The van der Waals surface area contributed by atoms with Crippen LogP contribution in [-0.2, 0) is 19.5 Å². The van der Waals surface area contributed by atoms with Crippen molar-refractivity contribution in [2.24, 2.45) is 0 Å². The van der Waals surface area contributed by atoms with Gasteiger partial charge in [-0.3, -0.25) is 0 Å². The van der Waals surface area contributed by atoms with Crippen molar-refractivity contribution in [1.82, 2.24) is 0 Å². The first-order valence-corrected chi connectivity index (χ1v) is 7.41. The maximum Gasteiger partial charge on any atom is 4.00 e. The monoisotopic (exact) mass is 460 g/mol. The van der Waals surface area contributed by atoms with Gasteiger partial charge >= 0.3 is 19.5 Å².